The topological polar surface area (TPSA) is 345 Å². The molecule has 0 unspecified atom stereocenters. The van der Waals surface area contributed by atoms with Crippen molar-refractivity contribution in [2.75, 3.05) is 19.6 Å². The van der Waals surface area contributed by atoms with E-state index in [9.17, 15) is 43.5 Å². The summed E-state index contributed by atoms with van der Waals surface area (Å²) in [5.41, 5.74) is 26.6. The summed E-state index contributed by atoms with van der Waals surface area (Å²) in [5.74, 6) is -5.31. The number of aliphatic carboxylic acids is 1. The summed E-state index contributed by atoms with van der Waals surface area (Å²) in [4.78, 5) is 108. The van der Waals surface area contributed by atoms with Crippen molar-refractivity contribution in [2.24, 2.45) is 34.8 Å². The minimum atomic E-state index is -1.34. The van der Waals surface area contributed by atoms with Gasteiger partial charge in [0.2, 0.25) is 41.4 Å². The van der Waals surface area contributed by atoms with Gasteiger partial charge < -0.3 is 65.3 Å². The number of nitrogens with one attached hydrogen (secondary N) is 7. The van der Waals surface area contributed by atoms with E-state index in [2.05, 4.69) is 37.2 Å². The van der Waals surface area contributed by atoms with Crippen LogP contribution in [0.3, 0.4) is 0 Å². The van der Waals surface area contributed by atoms with E-state index in [1.54, 1.807) is 0 Å². The highest BCUT2D eigenvalue weighted by Crippen LogP contribution is 2.13. The highest BCUT2D eigenvalue weighted by molar-refractivity contribution is 5.96. The molecule has 0 saturated carbocycles. The Labute approximate surface area is 448 Å². The van der Waals surface area contributed by atoms with E-state index in [0.29, 0.717) is 25.7 Å². The predicted molar refractivity (Wildman–Crippen MR) is 293 cm³/mol. The molecule has 20 heteroatoms. The molecule has 0 aliphatic carbocycles. The number of carbonyl (C=O) groups is 8. The van der Waals surface area contributed by atoms with Gasteiger partial charge in [0.15, 0.2) is 0 Å². The van der Waals surface area contributed by atoms with E-state index in [1.807, 2.05) is 119 Å². The first kappa shape index (κ1) is 63.6. The lowest BCUT2D eigenvalue weighted by Gasteiger charge is -2.27. The summed E-state index contributed by atoms with van der Waals surface area (Å²) in [7, 11) is 0. The first-order valence-corrected chi connectivity index (χ1v) is 26.7. The zero-order valence-electron chi connectivity index (χ0n) is 44.8. The van der Waals surface area contributed by atoms with E-state index in [1.165, 1.54) is 0 Å². The van der Waals surface area contributed by atoms with Crippen LogP contribution in [0.25, 0.3) is 0 Å². The molecule has 16 N–H and O–H groups in total. The molecule has 0 aromatic heterocycles. The number of carboxylic acid groups (broad SMARTS) is 1. The Bertz CT molecular complexity index is 2260. The van der Waals surface area contributed by atoms with Gasteiger partial charge in [0.1, 0.15) is 36.3 Å². The van der Waals surface area contributed by atoms with Crippen molar-refractivity contribution in [2.45, 2.75) is 160 Å². The second kappa shape index (κ2) is 34.8. The summed E-state index contributed by atoms with van der Waals surface area (Å²) in [6.45, 7) is 8.25. The van der Waals surface area contributed by atoms with Gasteiger partial charge in [-0.2, -0.15) is 0 Å². The Morgan fingerprint density at radius 3 is 1.22 bits per heavy atom. The van der Waals surface area contributed by atoms with Crippen LogP contribution in [0.2, 0.25) is 0 Å². The van der Waals surface area contributed by atoms with Gasteiger partial charge in [-0.05, 0) is 119 Å². The van der Waals surface area contributed by atoms with Crippen LogP contribution < -0.4 is 60.2 Å². The quantitative estimate of drug-likeness (QED) is 0.0369. The van der Waals surface area contributed by atoms with Crippen molar-refractivity contribution < 1.29 is 43.5 Å². The molecule has 0 fully saturated rings. The Hall–Kier alpha value is -6.74. The van der Waals surface area contributed by atoms with Crippen LogP contribution in [0.15, 0.2) is 91.0 Å². The summed E-state index contributed by atoms with van der Waals surface area (Å²) in [6.07, 6.45) is 3.23. The Morgan fingerprint density at radius 1 is 0.408 bits per heavy atom. The third-order valence-electron chi connectivity index (χ3n) is 12.7. The van der Waals surface area contributed by atoms with E-state index in [4.69, 9.17) is 22.9 Å². The van der Waals surface area contributed by atoms with E-state index >= 15 is 0 Å². The second-order valence-electron chi connectivity index (χ2n) is 20.2. The van der Waals surface area contributed by atoms with Gasteiger partial charge in [0.25, 0.3) is 0 Å². The van der Waals surface area contributed by atoms with E-state index in [-0.39, 0.29) is 89.3 Å². The minimum Gasteiger partial charge on any atom is -0.480 e. The molecule has 0 aliphatic rings. The van der Waals surface area contributed by atoms with Crippen LogP contribution in [-0.2, 0) is 57.6 Å². The minimum absolute atomic E-state index is 0.0184. The summed E-state index contributed by atoms with van der Waals surface area (Å²) >= 11 is 0. The molecule has 8 atom stereocenters. The number of rotatable bonds is 36. The van der Waals surface area contributed by atoms with Crippen LogP contribution in [-0.4, -0.2) is 120 Å². The van der Waals surface area contributed by atoms with Gasteiger partial charge in [-0.25, -0.2) is 4.79 Å². The monoisotopic (exact) mass is 1060 g/mol. The zero-order valence-corrected chi connectivity index (χ0v) is 44.8. The van der Waals surface area contributed by atoms with Crippen molar-refractivity contribution in [1.29, 1.82) is 0 Å². The van der Waals surface area contributed by atoms with Gasteiger partial charge >= 0.3 is 5.97 Å². The van der Waals surface area contributed by atoms with Crippen LogP contribution in [0.5, 0.6) is 0 Å². The van der Waals surface area contributed by atoms with Gasteiger partial charge in [0, 0.05) is 13.0 Å². The lowest BCUT2D eigenvalue weighted by Crippen LogP contribution is -2.58. The van der Waals surface area contributed by atoms with Crippen molar-refractivity contribution in [3.8, 4) is 0 Å². The van der Waals surface area contributed by atoms with Crippen LogP contribution in [0.1, 0.15) is 109 Å². The fourth-order valence-electron chi connectivity index (χ4n) is 8.35. The number of nitrogens with two attached hydrogens (primary N) is 4. The fraction of sp³-hybridized carbons (Fsp3) is 0.536. The van der Waals surface area contributed by atoms with Crippen LogP contribution >= 0.6 is 0 Å². The fourth-order valence-corrected chi connectivity index (χ4v) is 8.35. The average molecular weight is 1060 g/mol. The predicted octanol–water partition coefficient (Wildman–Crippen LogP) is 1.61. The van der Waals surface area contributed by atoms with E-state index < -0.39 is 95.7 Å². The highest BCUT2D eigenvalue weighted by Gasteiger charge is 2.33. The molecule has 7 amide bonds. The Balaban J connectivity index is 1.63. The molecule has 3 aromatic rings. The maximum atomic E-state index is 14.0. The first-order valence-electron chi connectivity index (χ1n) is 26.7. The normalized spacial score (nSPS) is 14.4. The standard InChI is InChI=1S/C56H85N11O9/c1-36(2)27-28-45(62-49(68)41(59)33-38-18-8-5-9-19-38)53(72)64-44(26-17-30-58)52(71)65-46(56(75)76)24-14-15-31-61-51(70)43(25-16-29-57)63-54(73)47(32-37(3)4)67-55(74)48(35-40-22-12-7-13-23-40)66-50(69)42(60)34-39-20-10-6-11-21-39/h5-13,18-23,36-37,41-48H,14-17,24-35,57-60H2,1-4H3,(H,61,70)(H,62,68)(H,63,73)(H,64,72)(H,65,71)(H,66,69)(H,67,74)(H,75,76)/t41-,42-,43-,44-,45-,46-,47-,48-/m1/s1. The molecule has 20 nitrogen and oxygen atoms in total. The molecule has 0 spiro atoms. The molecule has 76 heavy (non-hydrogen) atoms. The van der Waals surface area contributed by atoms with Crippen molar-refractivity contribution in [3.05, 3.63) is 108 Å². The molecule has 3 rings (SSSR count). The number of hydrogen-bond acceptors (Lipinski definition) is 12. The number of carboxylic acids is 1. The average Bonchev–Trinajstić information content (AvgIpc) is 3.39. The molecule has 418 valence electrons. The van der Waals surface area contributed by atoms with Crippen molar-refractivity contribution in [3.63, 3.8) is 0 Å². The smallest absolute Gasteiger partial charge is 0.326 e. The summed E-state index contributed by atoms with van der Waals surface area (Å²) < 4.78 is 0. The van der Waals surface area contributed by atoms with Crippen molar-refractivity contribution in [1.82, 2.24) is 37.2 Å². The SMILES string of the molecule is CC(C)CC[C@@H](NC(=O)[C@H](N)Cc1ccccc1)C(=O)N[C@H](CCCN)C(=O)N[C@H](CCCCNC(=O)[C@@H](CCCN)NC(=O)[C@@H](CC(C)C)NC(=O)[C@@H](Cc1ccccc1)NC(=O)[C@H](N)Cc1ccccc1)C(=O)O. The van der Waals surface area contributed by atoms with Crippen LogP contribution in [0.4, 0.5) is 0 Å². The molecule has 0 bridgehead atoms. The third-order valence-corrected chi connectivity index (χ3v) is 12.7. The lowest BCUT2D eigenvalue weighted by atomic mass is 10.00. The maximum absolute atomic E-state index is 14.0. The maximum Gasteiger partial charge on any atom is 0.326 e. The third kappa shape index (κ3) is 24.3. The molecule has 0 aliphatic heterocycles. The number of carbonyl (C=O) groups excluding carboxylic acids is 7. The molecular formula is C56H85N11O9. The lowest BCUT2D eigenvalue weighted by molar-refractivity contribution is -0.142. The second-order valence-corrected chi connectivity index (χ2v) is 20.2. The summed E-state index contributed by atoms with van der Waals surface area (Å²) in [5, 5.41) is 29.4. The van der Waals surface area contributed by atoms with Crippen molar-refractivity contribution >= 4 is 47.3 Å². The van der Waals surface area contributed by atoms with Gasteiger partial charge in [-0.1, -0.05) is 119 Å². The first-order chi connectivity index (χ1) is 36.3. The number of benzene rings is 3. The zero-order chi connectivity index (χ0) is 56.0. The molecule has 0 heterocycles. The Morgan fingerprint density at radius 2 is 0.776 bits per heavy atom. The van der Waals surface area contributed by atoms with Gasteiger partial charge in [-0.3, -0.25) is 33.6 Å². The molecular weight excluding hydrogens is 971 g/mol. The number of hydrogen-bond donors (Lipinski definition) is 12. The largest absolute Gasteiger partial charge is 0.480 e. The molecule has 0 radical (unpaired) electrons. The highest BCUT2D eigenvalue weighted by atomic mass is 16.4. The molecule has 0 saturated heterocycles. The Kier molecular flexibility index (Phi) is 29.1. The molecule has 3 aromatic carbocycles. The van der Waals surface area contributed by atoms with Crippen LogP contribution in [0, 0.1) is 11.8 Å². The summed E-state index contributed by atoms with van der Waals surface area (Å²) in [6, 6.07) is 19.0. The van der Waals surface area contributed by atoms with Gasteiger partial charge in [0.05, 0.1) is 12.1 Å². The number of amides is 7. The van der Waals surface area contributed by atoms with Gasteiger partial charge in [-0.15, -0.1) is 0 Å². The number of unbranched alkanes of at least 4 members (excludes halogenated alkanes) is 1. The van der Waals surface area contributed by atoms with E-state index in [0.717, 1.165) is 16.7 Å².